The summed E-state index contributed by atoms with van der Waals surface area (Å²) < 4.78 is 1.34. The van der Waals surface area contributed by atoms with E-state index in [2.05, 4.69) is 5.10 Å². The average Bonchev–Trinajstić information content (AvgIpc) is 2.51. The lowest BCUT2D eigenvalue weighted by Crippen LogP contribution is -2.32. The summed E-state index contributed by atoms with van der Waals surface area (Å²) in [6.45, 7) is 0.631. The number of hydrogen-bond donors (Lipinski definition) is 1. The van der Waals surface area contributed by atoms with Crippen LogP contribution in [-0.2, 0) is 6.54 Å². The maximum atomic E-state index is 12.4. The second-order valence-electron chi connectivity index (χ2n) is 4.79. The summed E-state index contributed by atoms with van der Waals surface area (Å²) in [5.41, 5.74) is 1.13. The Kier molecular flexibility index (Phi) is 5.75. The van der Waals surface area contributed by atoms with E-state index in [0.717, 1.165) is 5.56 Å². The van der Waals surface area contributed by atoms with E-state index >= 15 is 0 Å². The number of hydrogen-bond acceptors (Lipinski definition) is 4. The zero-order chi connectivity index (χ0) is 15.9. The molecule has 0 radical (unpaired) electrons. The van der Waals surface area contributed by atoms with E-state index in [1.807, 2.05) is 42.5 Å². The molecule has 6 heteroatoms. The van der Waals surface area contributed by atoms with Crippen molar-refractivity contribution in [3.8, 4) is 0 Å². The SMILES string of the molecule is CN(CCO)c1c(Cl)cnn(CC=Cc2ccccc2)c1=O. The van der Waals surface area contributed by atoms with Gasteiger partial charge < -0.3 is 10.0 Å². The molecule has 0 fully saturated rings. The van der Waals surface area contributed by atoms with Gasteiger partial charge in [0, 0.05) is 13.6 Å². The number of nitrogens with zero attached hydrogens (tertiary/aromatic N) is 3. The molecule has 0 amide bonds. The molecule has 5 nitrogen and oxygen atoms in total. The molecule has 0 aliphatic heterocycles. The second-order valence-corrected chi connectivity index (χ2v) is 5.19. The normalized spacial score (nSPS) is 11.0. The first kappa shape index (κ1) is 16.3. The van der Waals surface area contributed by atoms with Crippen molar-refractivity contribution in [3.05, 3.63) is 63.5 Å². The van der Waals surface area contributed by atoms with Crippen molar-refractivity contribution in [2.75, 3.05) is 25.1 Å². The van der Waals surface area contributed by atoms with Crippen molar-refractivity contribution in [2.45, 2.75) is 6.54 Å². The number of aliphatic hydroxyl groups is 1. The van der Waals surface area contributed by atoms with Gasteiger partial charge in [-0.05, 0) is 5.56 Å². The van der Waals surface area contributed by atoms with Crippen LogP contribution >= 0.6 is 11.6 Å². The van der Waals surface area contributed by atoms with Gasteiger partial charge in [0.25, 0.3) is 5.56 Å². The lowest BCUT2D eigenvalue weighted by molar-refractivity contribution is 0.304. The first-order valence-electron chi connectivity index (χ1n) is 6.92. The molecule has 0 saturated carbocycles. The molecule has 0 atom stereocenters. The molecule has 2 rings (SSSR count). The quantitative estimate of drug-likeness (QED) is 0.885. The molecule has 1 aromatic carbocycles. The summed E-state index contributed by atoms with van der Waals surface area (Å²) in [6.07, 6.45) is 5.25. The second kappa shape index (κ2) is 7.77. The lowest BCUT2D eigenvalue weighted by atomic mass is 10.2. The number of aromatic nitrogens is 2. The molecule has 0 spiro atoms. The maximum absolute atomic E-state index is 12.4. The third kappa shape index (κ3) is 3.96. The summed E-state index contributed by atoms with van der Waals surface area (Å²) in [5.74, 6) is 0. The van der Waals surface area contributed by atoms with Crippen molar-refractivity contribution in [3.63, 3.8) is 0 Å². The first-order chi connectivity index (χ1) is 10.6. The Labute approximate surface area is 134 Å². The third-order valence-electron chi connectivity index (χ3n) is 3.18. The van der Waals surface area contributed by atoms with Crippen molar-refractivity contribution in [1.82, 2.24) is 9.78 Å². The van der Waals surface area contributed by atoms with Crippen LogP contribution in [0.5, 0.6) is 0 Å². The van der Waals surface area contributed by atoms with Gasteiger partial charge in [0.05, 0.1) is 24.4 Å². The topological polar surface area (TPSA) is 58.4 Å². The zero-order valence-corrected chi connectivity index (χ0v) is 13.1. The van der Waals surface area contributed by atoms with Gasteiger partial charge in [0.2, 0.25) is 0 Å². The molecule has 0 aliphatic carbocycles. The van der Waals surface area contributed by atoms with Gasteiger partial charge in [0.15, 0.2) is 0 Å². The highest BCUT2D eigenvalue weighted by atomic mass is 35.5. The van der Waals surface area contributed by atoms with Crippen molar-refractivity contribution in [2.24, 2.45) is 0 Å². The molecule has 2 aromatic rings. The Balaban J connectivity index is 2.20. The molecule has 22 heavy (non-hydrogen) atoms. The summed E-state index contributed by atoms with van der Waals surface area (Å²) in [4.78, 5) is 14.0. The average molecular weight is 320 g/mol. The van der Waals surface area contributed by atoms with Crippen LogP contribution in [0.1, 0.15) is 5.56 Å². The highest BCUT2D eigenvalue weighted by Crippen LogP contribution is 2.18. The van der Waals surface area contributed by atoms with Gasteiger partial charge in [-0.3, -0.25) is 4.79 Å². The molecule has 1 heterocycles. The minimum atomic E-state index is -0.277. The van der Waals surface area contributed by atoms with E-state index in [9.17, 15) is 4.79 Å². The van der Waals surface area contributed by atoms with Gasteiger partial charge in [-0.2, -0.15) is 5.10 Å². The van der Waals surface area contributed by atoms with E-state index in [0.29, 0.717) is 18.8 Å². The summed E-state index contributed by atoms with van der Waals surface area (Å²) in [5, 5.41) is 13.3. The first-order valence-corrected chi connectivity index (χ1v) is 7.30. The van der Waals surface area contributed by atoms with E-state index in [-0.39, 0.29) is 17.2 Å². The largest absolute Gasteiger partial charge is 0.395 e. The highest BCUT2D eigenvalue weighted by Gasteiger charge is 2.13. The molecule has 0 unspecified atom stereocenters. The molecular weight excluding hydrogens is 302 g/mol. The van der Waals surface area contributed by atoms with Crippen molar-refractivity contribution >= 4 is 23.4 Å². The van der Waals surface area contributed by atoms with Gasteiger partial charge in [0.1, 0.15) is 5.69 Å². The van der Waals surface area contributed by atoms with E-state index in [4.69, 9.17) is 16.7 Å². The van der Waals surface area contributed by atoms with Crippen LogP contribution in [0.15, 0.2) is 47.4 Å². The molecule has 116 valence electrons. The summed E-state index contributed by atoms with van der Waals surface area (Å²) in [6, 6.07) is 9.82. The van der Waals surface area contributed by atoms with Crippen LogP contribution in [-0.4, -0.2) is 35.1 Å². The Bertz CT molecular complexity index is 698. The van der Waals surface area contributed by atoms with Crippen molar-refractivity contribution in [1.29, 1.82) is 0 Å². The molecule has 0 saturated heterocycles. The van der Waals surface area contributed by atoms with E-state index < -0.39 is 0 Å². The number of benzene rings is 1. The fourth-order valence-corrected chi connectivity index (χ4v) is 2.32. The van der Waals surface area contributed by atoms with E-state index in [1.54, 1.807) is 11.9 Å². The van der Waals surface area contributed by atoms with Gasteiger partial charge in [-0.15, -0.1) is 0 Å². The standard InChI is InChI=1S/C16H18ClN3O2/c1-19(10-11-21)15-14(17)12-18-20(16(15)22)9-5-8-13-6-3-2-4-7-13/h2-8,12,21H,9-11H2,1H3. The number of allylic oxidation sites excluding steroid dienone is 1. The van der Waals surface area contributed by atoms with Crippen LogP contribution in [0.3, 0.4) is 0 Å². The minimum absolute atomic E-state index is 0.0531. The predicted octanol–water partition coefficient (Wildman–Crippen LogP) is 2.04. The predicted molar refractivity (Wildman–Crippen MR) is 89.3 cm³/mol. The number of halogens is 1. The third-order valence-corrected chi connectivity index (χ3v) is 3.46. The Morgan fingerprint density at radius 2 is 2.09 bits per heavy atom. The van der Waals surface area contributed by atoms with Gasteiger partial charge in [-0.1, -0.05) is 54.1 Å². The molecular formula is C16H18ClN3O2. The van der Waals surface area contributed by atoms with Crippen LogP contribution in [0.25, 0.3) is 6.08 Å². The minimum Gasteiger partial charge on any atom is -0.395 e. The van der Waals surface area contributed by atoms with Crippen LogP contribution in [0.2, 0.25) is 5.02 Å². The molecule has 1 aromatic heterocycles. The summed E-state index contributed by atoms with van der Waals surface area (Å²) in [7, 11) is 1.71. The van der Waals surface area contributed by atoms with E-state index in [1.165, 1.54) is 10.9 Å². The van der Waals surface area contributed by atoms with Gasteiger partial charge >= 0.3 is 0 Å². The smallest absolute Gasteiger partial charge is 0.292 e. The highest BCUT2D eigenvalue weighted by molar-refractivity contribution is 6.33. The van der Waals surface area contributed by atoms with Crippen molar-refractivity contribution < 1.29 is 5.11 Å². The molecule has 0 bridgehead atoms. The van der Waals surface area contributed by atoms with Crippen LogP contribution in [0.4, 0.5) is 5.69 Å². The summed E-state index contributed by atoms with van der Waals surface area (Å²) >= 11 is 6.04. The Morgan fingerprint density at radius 3 is 2.77 bits per heavy atom. The van der Waals surface area contributed by atoms with Crippen LogP contribution in [0, 0.1) is 0 Å². The Morgan fingerprint density at radius 1 is 1.36 bits per heavy atom. The zero-order valence-electron chi connectivity index (χ0n) is 12.3. The molecule has 1 N–H and O–H groups in total. The Hall–Kier alpha value is -2.11. The number of rotatable bonds is 6. The van der Waals surface area contributed by atoms with Crippen LogP contribution < -0.4 is 10.5 Å². The number of likely N-dealkylation sites (N-methyl/N-ethyl adjacent to an activating group) is 1. The fourth-order valence-electron chi connectivity index (χ4n) is 2.05. The number of aliphatic hydroxyl groups excluding tert-OH is 1. The fraction of sp³-hybridized carbons (Fsp3) is 0.250. The van der Waals surface area contributed by atoms with Gasteiger partial charge in [-0.25, -0.2) is 4.68 Å². The lowest BCUT2D eigenvalue weighted by Gasteiger charge is -2.18. The monoisotopic (exact) mass is 319 g/mol. The maximum Gasteiger partial charge on any atom is 0.292 e. The molecule has 0 aliphatic rings. The number of anilines is 1.